The molecule has 0 aliphatic carbocycles. The molecule has 0 saturated carbocycles. The molecule has 0 radical (unpaired) electrons. The van der Waals surface area contributed by atoms with Gasteiger partial charge in [0.25, 0.3) is 0 Å². The smallest absolute Gasteiger partial charge is 0.462 e. The number of carbonyl (C=O) groups is 4. The predicted octanol–water partition coefficient (Wildman–Crippen LogP) is 17.0. The summed E-state index contributed by atoms with van der Waals surface area (Å²) in [5.74, 6) is 0.679. The van der Waals surface area contributed by atoms with Crippen LogP contribution in [0.5, 0.6) is 0 Å². The summed E-state index contributed by atoms with van der Waals surface area (Å²) in [5, 5.41) is 10.5. The Labute approximate surface area is 498 Å². The highest BCUT2D eigenvalue weighted by Gasteiger charge is 2.30. The van der Waals surface area contributed by atoms with Gasteiger partial charge in [0.05, 0.1) is 26.4 Å². The molecule has 5 atom stereocenters. The summed E-state index contributed by atoms with van der Waals surface area (Å²) in [5.41, 5.74) is 0. The molecule has 0 aromatic carbocycles. The SMILES string of the molecule is CC(C)CCCCCCCCCCCCC(=O)OC[C@H](COP(=O)(O)OC[C@@H](O)COP(=O)(O)OC[C@@H](COC(=O)CCCCCCCCC(C)C)OC(=O)CCCCCCCCCCC(C)C)OC(=O)CCCCCCCCC(C)C. The molecule has 0 aromatic heterocycles. The summed E-state index contributed by atoms with van der Waals surface area (Å²) in [4.78, 5) is 72.1. The summed E-state index contributed by atoms with van der Waals surface area (Å²) in [7, 11) is -9.89. The van der Waals surface area contributed by atoms with Crippen LogP contribution >= 0.6 is 15.6 Å². The highest BCUT2D eigenvalue weighted by atomic mass is 31.2. The van der Waals surface area contributed by atoms with Gasteiger partial charge in [-0.3, -0.25) is 37.3 Å². The number of aliphatic hydroxyl groups is 1. The van der Waals surface area contributed by atoms with Crippen molar-refractivity contribution < 1.29 is 80.2 Å². The minimum Gasteiger partial charge on any atom is -0.462 e. The molecule has 2 unspecified atom stereocenters. The van der Waals surface area contributed by atoms with Crippen LogP contribution in [-0.2, 0) is 65.4 Å². The van der Waals surface area contributed by atoms with E-state index in [1.807, 2.05) is 0 Å². The van der Waals surface area contributed by atoms with Crippen molar-refractivity contribution in [3.63, 3.8) is 0 Å². The number of ether oxygens (including phenoxy) is 4. The van der Waals surface area contributed by atoms with Crippen LogP contribution in [-0.4, -0.2) is 96.7 Å². The summed E-state index contributed by atoms with van der Waals surface area (Å²) in [6, 6.07) is 0. The van der Waals surface area contributed by atoms with Crippen molar-refractivity contribution in [2.24, 2.45) is 23.7 Å². The maximum Gasteiger partial charge on any atom is 0.472 e. The fourth-order valence-corrected chi connectivity index (χ4v) is 10.8. The Morgan fingerprint density at radius 1 is 0.305 bits per heavy atom. The summed E-state index contributed by atoms with van der Waals surface area (Å²) in [6.45, 7) is 13.9. The highest BCUT2D eigenvalue weighted by molar-refractivity contribution is 7.47. The van der Waals surface area contributed by atoms with Gasteiger partial charge < -0.3 is 33.8 Å². The molecule has 0 aromatic rings. The van der Waals surface area contributed by atoms with Gasteiger partial charge in [-0.15, -0.1) is 0 Å². The zero-order valence-corrected chi connectivity index (χ0v) is 54.9. The predicted molar refractivity (Wildman–Crippen MR) is 326 cm³/mol. The van der Waals surface area contributed by atoms with Crippen molar-refractivity contribution in [2.45, 2.75) is 318 Å². The number of rotatable bonds is 60. The van der Waals surface area contributed by atoms with E-state index in [9.17, 15) is 43.2 Å². The Morgan fingerprint density at radius 2 is 0.512 bits per heavy atom. The molecule has 0 aliphatic heterocycles. The van der Waals surface area contributed by atoms with E-state index in [4.69, 9.17) is 37.0 Å². The van der Waals surface area contributed by atoms with Crippen molar-refractivity contribution in [3.05, 3.63) is 0 Å². The topological polar surface area (TPSA) is 237 Å². The summed E-state index contributed by atoms with van der Waals surface area (Å²) >= 11 is 0. The summed E-state index contributed by atoms with van der Waals surface area (Å²) in [6.07, 6.45) is 32.5. The van der Waals surface area contributed by atoms with Gasteiger partial charge in [0.2, 0.25) is 0 Å². The lowest BCUT2D eigenvalue weighted by atomic mass is 10.0. The lowest BCUT2D eigenvalue weighted by Gasteiger charge is -2.21. The maximum absolute atomic E-state index is 12.9. The van der Waals surface area contributed by atoms with Crippen LogP contribution in [0.25, 0.3) is 0 Å². The number of carbonyl (C=O) groups excluding carboxylic acids is 4. The maximum atomic E-state index is 12.9. The molecule has 82 heavy (non-hydrogen) atoms. The molecule has 17 nitrogen and oxygen atoms in total. The van der Waals surface area contributed by atoms with Crippen molar-refractivity contribution >= 4 is 39.5 Å². The minimum absolute atomic E-state index is 0.101. The van der Waals surface area contributed by atoms with Gasteiger partial charge in [0, 0.05) is 25.7 Å². The first-order valence-corrected chi connectivity index (χ1v) is 35.7. The van der Waals surface area contributed by atoms with E-state index in [1.54, 1.807) is 0 Å². The molecule has 0 rings (SSSR count). The van der Waals surface area contributed by atoms with Gasteiger partial charge in [-0.1, -0.05) is 248 Å². The third-order valence-corrected chi connectivity index (χ3v) is 16.2. The van der Waals surface area contributed by atoms with Gasteiger partial charge >= 0.3 is 39.5 Å². The lowest BCUT2D eigenvalue weighted by Crippen LogP contribution is -2.30. The second-order valence-corrected chi connectivity index (χ2v) is 27.6. The van der Waals surface area contributed by atoms with Gasteiger partial charge in [0.15, 0.2) is 12.2 Å². The third kappa shape index (κ3) is 57.2. The van der Waals surface area contributed by atoms with Crippen molar-refractivity contribution in [1.82, 2.24) is 0 Å². The van der Waals surface area contributed by atoms with E-state index in [-0.39, 0.29) is 25.7 Å². The van der Waals surface area contributed by atoms with Gasteiger partial charge in [-0.2, -0.15) is 0 Å². The molecule has 0 amide bonds. The standard InChI is InChI=1S/C63H122O17P2/c1-53(2)39-31-23-15-11-9-10-12-17-27-35-43-60(65)73-49-59(80-63(68)46-38-30-22-20-26-34-42-56(7)8)52-78-82(71,72)76-48-57(64)47-75-81(69,70)77-51-58(50-74-61(66)44-36-28-21-19-25-33-41-55(5)6)79-62(67)45-37-29-18-14-13-16-24-32-40-54(3)4/h53-59,64H,9-52H2,1-8H3,(H,69,70)(H,71,72)/t57-,58+,59+/m0/s1. The second-order valence-electron chi connectivity index (χ2n) is 24.7. The van der Waals surface area contributed by atoms with E-state index >= 15 is 0 Å². The Morgan fingerprint density at radius 3 is 0.756 bits per heavy atom. The third-order valence-electron chi connectivity index (χ3n) is 14.3. The van der Waals surface area contributed by atoms with Gasteiger partial charge in [-0.05, 0) is 49.4 Å². The Hall–Kier alpha value is -1.94. The van der Waals surface area contributed by atoms with E-state index in [2.05, 4.69) is 55.4 Å². The molecule has 0 spiro atoms. The minimum atomic E-state index is -4.94. The van der Waals surface area contributed by atoms with E-state index in [1.165, 1.54) is 96.3 Å². The quantitative estimate of drug-likeness (QED) is 0.0222. The Kier molecular flexibility index (Phi) is 52.0. The fraction of sp³-hybridized carbons (Fsp3) is 0.937. The number of phosphoric ester groups is 2. The van der Waals surface area contributed by atoms with Crippen LogP contribution in [0.1, 0.15) is 299 Å². The molecule has 3 N–H and O–H groups in total. The van der Waals surface area contributed by atoms with Crippen LogP contribution in [0.15, 0.2) is 0 Å². The van der Waals surface area contributed by atoms with Crippen molar-refractivity contribution in [2.75, 3.05) is 39.6 Å². The molecule has 0 aliphatic rings. The van der Waals surface area contributed by atoms with Gasteiger partial charge in [0.1, 0.15) is 19.3 Å². The molecule has 0 fully saturated rings. The Balaban J connectivity index is 5.23. The highest BCUT2D eigenvalue weighted by Crippen LogP contribution is 2.45. The monoisotopic (exact) mass is 1210 g/mol. The van der Waals surface area contributed by atoms with E-state index in [0.29, 0.717) is 37.5 Å². The van der Waals surface area contributed by atoms with Crippen LogP contribution in [0.3, 0.4) is 0 Å². The average Bonchev–Trinajstić information content (AvgIpc) is 3.41. The van der Waals surface area contributed by atoms with Gasteiger partial charge in [-0.25, -0.2) is 9.13 Å². The Bertz CT molecular complexity index is 1640. The number of esters is 4. The fourth-order valence-electron chi connectivity index (χ4n) is 9.25. The second kappa shape index (κ2) is 53.3. The molecular weight excluding hydrogens is 1090 g/mol. The number of unbranched alkanes of at least 4 members (excludes halogenated alkanes) is 26. The first-order chi connectivity index (χ1) is 39.1. The van der Waals surface area contributed by atoms with Crippen LogP contribution in [0, 0.1) is 23.7 Å². The molecule has 486 valence electrons. The molecule has 0 heterocycles. The van der Waals surface area contributed by atoms with E-state index in [0.717, 1.165) is 108 Å². The van der Waals surface area contributed by atoms with Crippen LogP contribution < -0.4 is 0 Å². The normalized spacial score (nSPS) is 14.5. The first kappa shape index (κ1) is 80.1. The first-order valence-electron chi connectivity index (χ1n) is 32.7. The van der Waals surface area contributed by atoms with Crippen molar-refractivity contribution in [3.8, 4) is 0 Å². The molecule has 19 heteroatoms. The molecular formula is C63H122O17P2. The number of aliphatic hydroxyl groups excluding tert-OH is 1. The molecule has 0 saturated heterocycles. The largest absolute Gasteiger partial charge is 0.472 e. The van der Waals surface area contributed by atoms with Crippen LogP contribution in [0.4, 0.5) is 0 Å². The number of hydrogen-bond donors (Lipinski definition) is 3. The molecule has 0 bridgehead atoms. The zero-order chi connectivity index (χ0) is 61.1. The average molecular weight is 1210 g/mol. The lowest BCUT2D eigenvalue weighted by molar-refractivity contribution is -0.161. The number of hydrogen-bond acceptors (Lipinski definition) is 15. The zero-order valence-electron chi connectivity index (χ0n) is 53.1. The summed E-state index contributed by atoms with van der Waals surface area (Å²) < 4.78 is 67.9. The van der Waals surface area contributed by atoms with Crippen molar-refractivity contribution in [1.29, 1.82) is 0 Å². The van der Waals surface area contributed by atoms with E-state index < -0.39 is 97.5 Å². The number of phosphoric acid groups is 2. The van der Waals surface area contributed by atoms with Crippen LogP contribution in [0.2, 0.25) is 0 Å².